The Morgan fingerprint density at radius 3 is 2.73 bits per heavy atom. The minimum Gasteiger partial charge on any atom is -0.272 e. The van der Waals surface area contributed by atoms with Gasteiger partial charge in [0.25, 0.3) is 5.91 Å². The number of amides is 1. The maximum atomic E-state index is 12.1. The van der Waals surface area contributed by atoms with Gasteiger partial charge in [-0.15, -0.1) is 0 Å². The molecule has 0 radical (unpaired) electrons. The summed E-state index contributed by atoms with van der Waals surface area (Å²) in [4.78, 5) is 20.6. The molecule has 1 aromatic carbocycles. The second-order valence-electron chi connectivity index (χ2n) is 8.80. The van der Waals surface area contributed by atoms with Crippen molar-refractivity contribution >= 4 is 23.7 Å². The molecule has 2 aromatic heterocycles. The number of aromatic nitrogens is 3. The number of nitrogens with zero attached hydrogens (tertiary/aromatic N) is 4. The number of aliphatic imine (C=N–C) groups is 1. The summed E-state index contributed by atoms with van der Waals surface area (Å²) in [5.41, 5.74) is 6.22. The van der Waals surface area contributed by atoms with Crippen LogP contribution < -0.4 is 0 Å². The van der Waals surface area contributed by atoms with Gasteiger partial charge in [-0.2, -0.15) is 5.10 Å². The molecule has 5 nitrogen and oxygen atoms in total. The number of rotatable bonds is 4. The number of carbonyl (C=O) groups excluding carboxylic acids is 1. The molecule has 0 N–H and O–H groups in total. The normalized spacial score (nSPS) is 17.0. The van der Waals surface area contributed by atoms with Crippen molar-refractivity contribution in [2.45, 2.75) is 46.1 Å². The molecule has 2 aliphatic rings. The van der Waals surface area contributed by atoms with Crippen molar-refractivity contribution in [2.75, 3.05) is 0 Å². The molecule has 3 aromatic rings. The first kappa shape index (κ1) is 19.2. The minimum atomic E-state index is -0.218. The lowest BCUT2D eigenvalue weighted by molar-refractivity contribution is 0.101. The lowest BCUT2D eigenvalue weighted by Crippen LogP contribution is -2.19. The fourth-order valence-electron chi connectivity index (χ4n) is 4.60. The zero-order valence-corrected chi connectivity index (χ0v) is 17.9. The van der Waals surface area contributed by atoms with E-state index in [0.717, 1.165) is 40.1 Å². The van der Waals surface area contributed by atoms with E-state index in [1.165, 1.54) is 25.7 Å². The van der Waals surface area contributed by atoms with Gasteiger partial charge in [-0.3, -0.25) is 9.48 Å². The average molecular weight is 419 g/mol. The number of halogens is 1. The Hall–Kier alpha value is -2.79. The summed E-state index contributed by atoms with van der Waals surface area (Å²) in [6.07, 6.45) is 10.7. The number of fused-ring (bicyclic) bond motifs is 1. The standard InChI is InChI=1S/C24H23ClN4O/c1-15-9-19(18-12-27-29(13-18)14-24(2)7-3-4-8-24)21(28-22(15)25)16-5-6-17-11-26-23(30)20(17)10-16/h5-6,9-13H,3-4,7-8,14H2,1-2H3. The summed E-state index contributed by atoms with van der Waals surface area (Å²) < 4.78 is 2.05. The average Bonchev–Trinajstić information content (AvgIpc) is 3.45. The summed E-state index contributed by atoms with van der Waals surface area (Å²) in [5, 5.41) is 5.10. The second-order valence-corrected chi connectivity index (χ2v) is 9.16. The van der Waals surface area contributed by atoms with Gasteiger partial charge in [0.05, 0.1) is 17.5 Å². The molecule has 1 aliphatic heterocycles. The molecule has 3 heterocycles. The largest absolute Gasteiger partial charge is 0.277 e. The van der Waals surface area contributed by atoms with Crippen LogP contribution in [-0.4, -0.2) is 26.9 Å². The maximum absolute atomic E-state index is 12.1. The Morgan fingerprint density at radius 1 is 1.13 bits per heavy atom. The Morgan fingerprint density at radius 2 is 1.93 bits per heavy atom. The van der Waals surface area contributed by atoms with Crippen LogP contribution in [0.3, 0.4) is 0 Å². The smallest absolute Gasteiger partial charge is 0.272 e. The third-order valence-corrected chi connectivity index (χ3v) is 6.71. The Bertz CT molecular complexity index is 1190. The summed E-state index contributed by atoms with van der Waals surface area (Å²) in [6, 6.07) is 7.77. The Labute approximate surface area is 180 Å². The van der Waals surface area contributed by atoms with E-state index in [0.29, 0.717) is 16.1 Å². The van der Waals surface area contributed by atoms with Crippen LogP contribution in [0.15, 0.2) is 41.7 Å². The number of hydrogen-bond acceptors (Lipinski definition) is 3. The van der Waals surface area contributed by atoms with E-state index in [4.69, 9.17) is 11.6 Å². The molecule has 30 heavy (non-hydrogen) atoms. The highest BCUT2D eigenvalue weighted by atomic mass is 35.5. The molecule has 0 unspecified atom stereocenters. The van der Waals surface area contributed by atoms with Crippen molar-refractivity contribution in [1.82, 2.24) is 14.8 Å². The molecule has 1 fully saturated rings. The van der Waals surface area contributed by atoms with Gasteiger partial charge < -0.3 is 0 Å². The summed E-state index contributed by atoms with van der Waals surface area (Å²) in [6.45, 7) is 5.23. The van der Waals surface area contributed by atoms with Crippen LogP contribution in [0.4, 0.5) is 0 Å². The molecule has 0 saturated heterocycles. The zero-order valence-electron chi connectivity index (χ0n) is 17.2. The van der Waals surface area contributed by atoms with Crippen LogP contribution in [-0.2, 0) is 6.54 Å². The highest BCUT2D eigenvalue weighted by Gasteiger charge is 2.29. The van der Waals surface area contributed by atoms with Crippen molar-refractivity contribution < 1.29 is 4.79 Å². The molecular formula is C24H23ClN4O. The Kier molecular flexibility index (Phi) is 4.58. The van der Waals surface area contributed by atoms with E-state index in [1.54, 1.807) is 6.21 Å². The van der Waals surface area contributed by atoms with Crippen molar-refractivity contribution in [2.24, 2.45) is 10.4 Å². The highest BCUT2D eigenvalue weighted by molar-refractivity contribution is 6.30. The molecule has 1 aliphatic carbocycles. The number of aryl methyl sites for hydroxylation is 1. The van der Waals surface area contributed by atoms with Gasteiger partial charge in [-0.25, -0.2) is 9.98 Å². The van der Waals surface area contributed by atoms with E-state index in [1.807, 2.05) is 31.3 Å². The first-order valence-electron chi connectivity index (χ1n) is 10.3. The molecular weight excluding hydrogens is 396 g/mol. The van der Waals surface area contributed by atoms with Crippen LogP contribution in [0, 0.1) is 12.3 Å². The van der Waals surface area contributed by atoms with Crippen molar-refractivity contribution in [3.05, 3.63) is 58.5 Å². The van der Waals surface area contributed by atoms with Gasteiger partial charge in [-0.05, 0) is 42.9 Å². The molecule has 6 heteroatoms. The fourth-order valence-corrected chi connectivity index (χ4v) is 4.74. The first-order valence-corrected chi connectivity index (χ1v) is 10.7. The molecule has 152 valence electrons. The first-order chi connectivity index (χ1) is 14.4. The van der Waals surface area contributed by atoms with Crippen molar-refractivity contribution in [3.8, 4) is 22.4 Å². The van der Waals surface area contributed by atoms with Gasteiger partial charge >= 0.3 is 0 Å². The van der Waals surface area contributed by atoms with E-state index in [-0.39, 0.29) is 5.91 Å². The topological polar surface area (TPSA) is 60.1 Å². The number of pyridine rings is 1. The van der Waals surface area contributed by atoms with Gasteiger partial charge in [0.2, 0.25) is 0 Å². The van der Waals surface area contributed by atoms with Gasteiger partial charge in [-0.1, -0.05) is 43.5 Å². The van der Waals surface area contributed by atoms with Gasteiger partial charge in [0, 0.05) is 41.2 Å². The second kappa shape index (κ2) is 7.17. The monoisotopic (exact) mass is 418 g/mol. The van der Waals surface area contributed by atoms with Crippen molar-refractivity contribution in [1.29, 1.82) is 0 Å². The molecule has 1 amide bonds. The summed E-state index contributed by atoms with van der Waals surface area (Å²) >= 11 is 6.38. The van der Waals surface area contributed by atoms with Crippen LogP contribution in [0.25, 0.3) is 22.4 Å². The van der Waals surface area contributed by atoms with E-state index in [9.17, 15) is 4.79 Å². The van der Waals surface area contributed by atoms with Crippen LogP contribution >= 0.6 is 11.6 Å². The molecule has 5 rings (SSSR count). The predicted molar refractivity (Wildman–Crippen MR) is 119 cm³/mol. The maximum Gasteiger partial charge on any atom is 0.277 e. The predicted octanol–water partition coefficient (Wildman–Crippen LogP) is 5.73. The van der Waals surface area contributed by atoms with Gasteiger partial charge in [0.1, 0.15) is 5.15 Å². The Balaban J connectivity index is 1.56. The lowest BCUT2D eigenvalue weighted by Gasteiger charge is -2.22. The number of carbonyl (C=O) groups is 1. The molecule has 0 bridgehead atoms. The van der Waals surface area contributed by atoms with E-state index < -0.39 is 0 Å². The molecule has 1 saturated carbocycles. The fraction of sp³-hybridized carbons (Fsp3) is 0.333. The summed E-state index contributed by atoms with van der Waals surface area (Å²) in [5.74, 6) is -0.218. The van der Waals surface area contributed by atoms with Crippen molar-refractivity contribution in [3.63, 3.8) is 0 Å². The van der Waals surface area contributed by atoms with Gasteiger partial charge in [0.15, 0.2) is 0 Å². The van der Waals surface area contributed by atoms with Crippen LogP contribution in [0.5, 0.6) is 0 Å². The SMILES string of the molecule is Cc1cc(-c2cnn(CC3(C)CCCC3)c2)c(-c2ccc3c(c2)C(=O)N=C3)nc1Cl. The minimum absolute atomic E-state index is 0.218. The lowest BCUT2D eigenvalue weighted by atomic mass is 9.89. The highest BCUT2D eigenvalue weighted by Crippen LogP contribution is 2.39. The molecule has 0 atom stereocenters. The van der Waals surface area contributed by atoms with E-state index in [2.05, 4.69) is 38.9 Å². The van der Waals surface area contributed by atoms with Crippen LogP contribution in [0.2, 0.25) is 5.15 Å². The number of benzene rings is 1. The third-order valence-electron chi connectivity index (χ3n) is 6.33. The molecule has 0 spiro atoms. The number of hydrogen-bond donors (Lipinski definition) is 0. The third kappa shape index (κ3) is 3.37. The van der Waals surface area contributed by atoms with E-state index >= 15 is 0 Å². The zero-order chi connectivity index (χ0) is 20.9. The quantitative estimate of drug-likeness (QED) is 0.508. The summed E-state index contributed by atoms with van der Waals surface area (Å²) in [7, 11) is 0. The van der Waals surface area contributed by atoms with Crippen LogP contribution in [0.1, 0.15) is 54.1 Å².